The number of aromatic nitrogens is 2. The van der Waals surface area contributed by atoms with E-state index in [-0.39, 0.29) is 23.6 Å². The van der Waals surface area contributed by atoms with E-state index < -0.39 is 12.0 Å². The summed E-state index contributed by atoms with van der Waals surface area (Å²) in [6.45, 7) is 4.44. The Kier molecular flexibility index (Phi) is 8.95. The highest BCUT2D eigenvalue weighted by Gasteiger charge is 2.35. The van der Waals surface area contributed by atoms with E-state index in [0.717, 1.165) is 33.3 Å². The number of nitrogens with zero attached hydrogens (tertiary/aromatic N) is 3. The second-order valence-corrected chi connectivity index (χ2v) is 12.8. The van der Waals surface area contributed by atoms with Gasteiger partial charge in [-0.2, -0.15) is 0 Å². The van der Waals surface area contributed by atoms with Crippen molar-refractivity contribution >= 4 is 40.0 Å². The monoisotopic (exact) mass is 687 g/mol. The number of benzene rings is 4. The molecule has 8 nitrogen and oxygen atoms in total. The van der Waals surface area contributed by atoms with Crippen LogP contribution in [0.25, 0.3) is 22.7 Å². The molecule has 0 N–H and O–H groups in total. The van der Waals surface area contributed by atoms with Gasteiger partial charge >= 0.3 is 5.97 Å². The van der Waals surface area contributed by atoms with Gasteiger partial charge in [-0.05, 0) is 61.4 Å². The van der Waals surface area contributed by atoms with Crippen LogP contribution in [0.15, 0.2) is 112 Å². The summed E-state index contributed by atoms with van der Waals surface area (Å²) in [5.74, 6) is 0.120. The number of thiazole rings is 1. The van der Waals surface area contributed by atoms with Gasteiger partial charge in [-0.15, -0.1) is 0 Å². The summed E-state index contributed by atoms with van der Waals surface area (Å²) < 4.78 is 34.6. The highest BCUT2D eigenvalue weighted by molar-refractivity contribution is 7.07. The average molecular weight is 688 g/mol. The molecule has 0 bridgehead atoms. The molecule has 0 saturated heterocycles. The molecule has 4 aromatic carbocycles. The lowest BCUT2D eigenvalue weighted by molar-refractivity contribution is -0.138. The minimum Gasteiger partial charge on any atom is -0.493 e. The third kappa shape index (κ3) is 5.81. The molecule has 0 fully saturated rings. The number of esters is 1. The van der Waals surface area contributed by atoms with Crippen LogP contribution in [0.3, 0.4) is 0 Å². The van der Waals surface area contributed by atoms with Crippen molar-refractivity contribution in [3.05, 3.63) is 156 Å². The van der Waals surface area contributed by atoms with Gasteiger partial charge in [0, 0.05) is 34.3 Å². The van der Waals surface area contributed by atoms with Crippen LogP contribution in [-0.2, 0) is 16.1 Å². The van der Waals surface area contributed by atoms with Gasteiger partial charge in [-0.1, -0.05) is 78.1 Å². The Hall–Kier alpha value is -5.74. The van der Waals surface area contributed by atoms with Gasteiger partial charge in [-0.25, -0.2) is 14.2 Å². The summed E-state index contributed by atoms with van der Waals surface area (Å²) >= 11 is 1.27. The van der Waals surface area contributed by atoms with E-state index in [2.05, 4.69) is 4.57 Å². The molecule has 7 rings (SSSR count). The number of hydrogen-bond acceptors (Lipinski definition) is 7. The minimum absolute atomic E-state index is 0.148. The maximum Gasteiger partial charge on any atom is 0.338 e. The number of halogens is 1. The molecule has 0 aliphatic carbocycles. The Morgan fingerprint density at radius 2 is 1.66 bits per heavy atom. The standard InChI is InChI=1S/C40H34FN3O5S/c1-5-49-39(46)35-36(26-11-7-6-8-12-26)42-40-44(37(35)27-17-20-32(47-3)33(21-27)48-4)38(45)34(50-40)22-30-24(2)43(31-14-10-9-13-29(30)31)23-25-15-18-28(41)19-16-25/h6-22,37H,5,23H2,1-4H3/b34-22-/t37-/m0/s1. The third-order valence-electron chi connectivity index (χ3n) is 8.91. The molecule has 1 aliphatic rings. The van der Waals surface area contributed by atoms with E-state index >= 15 is 0 Å². The van der Waals surface area contributed by atoms with Crippen molar-refractivity contribution in [1.29, 1.82) is 0 Å². The quantitative estimate of drug-likeness (QED) is 0.164. The van der Waals surface area contributed by atoms with Crippen LogP contribution in [0.4, 0.5) is 4.39 Å². The second kappa shape index (κ2) is 13.6. The number of hydrogen-bond donors (Lipinski definition) is 0. The summed E-state index contributed by atoms with van der Waals surface area (Å²) in [4.78, 5) is 33.9. The van der Waals surface area contributed by atoms with E-state index in [4.69, 9.17) is 19.2 Å². The van der Waals surface area contributed by atoms with Crippen molar-refractivity contribution in [2.45, 2.75) is 26.4 Å². The van der Waals surface area contributed by atoms with E-state index in [1.54, 1.807) is 50.0 Å². The molecule has 0 unspecified atom stereocenters. The largest absolute Gasteiger partial charge is 0.493 e. The number of fused-ring (bicyclic) bond motifs is 2. The molecule has 50 heavy (non-hydrogen) atoms. The van der Waals surface area contributed by atoms with Crippen LogP contribution >= 0.6 is 11.3 Å². The fourth-order valence-corrected chi connectivity index (χ4v) is 7.51. The molecule has 0 amide bonds. The summed E-state index contributed by atoms with van der Waals surface area (Å²) in [6, 6.07) is 28.4. The van der Waals surface area contributed by atoms with Gasteiger partial charge in [0.05, 0.1) is 42.7 Å². The predicted molar refractivity (Wildman–Crippen MR) is 193 cm³/mol. The number of ether oxygens (including phenoxy) is 3. The topological polar surface area (TPSA) is 84.1 Å². The highest BCUT2D eigenvalue weighted by Crippen LogP contribution is 2.38. The normalized spacial score (nSPS) is 14.4. The van der Waals surface area contributed by atoms with E-state index in [1.165, 1.54) is 23.5 Å². The molecule has 10 heteroatoms. The average Bonchev–Trinajstić information content (AvgIpc) is 3.60. The Balaban J connectivity index is 1.48. The summed E-state index contributed by atoms with van der Waals surface area (Å²) in [7, 11) is 3.09. The van der Waals surface area contributed by atoms with Crippen molar-refractivity contribution in [2.75, 3.05) is 20.8 Å². The Labute approximate surface area is 291 Å². The lowest BCUT2D eigenvalue weighted by Crippen LogP contribution is -2.40. The number of methoxy groups -OCH3 is 2. The summed E-state index contributed by atoms with van der Waals surface area (Å²) in [5.41, 5.74) is 5.53. The van der Waals surface area contributed by atoms with E-state index in [1.807, 2.05) is 73.7 Å². The second-order valence-electron chi connectivity index (χ2n) is 11.8. The molecular formula is C40H34FN3O5S. The molecule has 0 spiro atoms. The number of carbonyl (C=O) groups is 1. The first kappa shape index (κ1) is 32.8. The van der Waals surface area contributed by atoms with E-state index in [9.17, 15) is 14.0 Å². The van der Waals surface area contributed by atoms with Gasteiger partial charge in [0.15, 0.2) is 16.3 Å². The van der Waals surface area contributed by atoms with Crippen molar-refractivity contribution in [3.8, 4) is 11.5 Å². The Morgan fingerprint density at radius 1 is 0.940 bits per heavy atom. The zero-order valence-corrected chi connectivity index (χ0v) is 28.8. The van der Waals surface area contributed by atoms with Crippen LogP contribution in [0.5, 0.6) is 11.5 Å². The molecule has 0 radical (unpaired) electrons. The van der Waals surface area contributed by atoms with Crippen molar-refractivity contribution in [1.82, 2.24) is 9.13 Å². The number of carbonyl (C=O) groups excluding carboxylic acids is 1. The van der Waals surface area contributed by atoms with Gasteiger partial charge in [-0.3, -0.25) is 9.36 Å². The smallest absolute Gasteiger partial charge is 0.338 e. The van der Waals surface area contributed by atoms with E-state index in [0.29, 0.717) is 38.6 Å². The lowest BCUT2D eigenvalue weighted by atomic mass is 9.93. The Morgan fingerprint density at radius 3 is 2.38 bits per heavy atom. The molecule has 0 saturated carbocycles. The minimum atomic E-state index is -0.872. The first-order chi connectivity index (χ1) is 24.3. The molecular weight excluding hydrogens is 654 g/mol. The van der Waals surface area contributed by atoms with Gasteiger partial charge in [0.2, 0.25) is 0 Å². The predicted octanol–water partition coefficient (Wildman–Crippen LogP) is 6.40. The zero-order chi connectivity index (χ0) is 34.9. The molecule has 1 aliphatic heterocycles. The lowest BCUT2D eigenvalue weighted by Gasteiger charge is -2.26. The molecule has 6 aromatic rings. The fourth-order valence-electron chi connectivity index (χ4n) is 6.53. The Bertz CT molecular complexity index is 2460. The number of para-hydroxylation sites is 1. The van der Waals surface area contributed by atoms with Crippen LogP contribution in [0.1, 0.15) is 40.9 Å². The first-order valence-electron chi connectivity index (χ1n) is 16.2. The maximum absolute atomic E-state index is 14.6. The summed E-state index contributed by atoms with van der Waals surface area (Å²) in [5, 5.41) is 0.978. The molecule has 1 atom stereocenters. The van der Waals surface area contributed by atoms with Gasteiger partial charge < -0.3 is 18.8 Å². The van der Waals surface area contributed by atoms with Crippen LogP contribution < -0.4 is 24.4 Å². The van der Waals surface area contributed by atoms with Gasteiger partial charge in [0.25, 0.3) is 5.56 Å². The molecule has 3 heterocycles. The first-order valence-corrected chi connectivity index (χ1v) is 17.0. The van der Waals surface area contributed by atoms with Crippen molar-refractivity contribution in [3.63, 3.8) is 0 Å². The SMILES string of the molecule is CCOC(=O)C1=C(c2ccccc2)N=c2s/c(=C\c3c(C)n(Cc4ccc(F)cc4)c4ccccc34)c(=O)n2[C@H]1c1ccc(OC)c(OC)c1. The van der Waals surface area contributed by atoms with Crippen molar-refractivity contribution in [2.24, 2.45) is 4.99 Å². The molecule has 2 aromatic heterocycles. The maximum atomic E-state index is 14.6. The van der Waals surface area contributed by atoms with Crippen LogP contribution in [-0.4, -0.2) is 35.9 Å². The van der Waals surface area contributed by atoms with Crippen LogP contribution in [0.2, 0.25) is 0 Å². The highest BCUT2D eigenvalue weighted by atomic mass is 32.1. The number of rotatable bonds is 9. The van der Waals surface area contributed by atoms with Crippen molar-refractivity contribution < 1.29 is 23.4 Å². The molecule has 252 valence electrons. The van der Waals surface area contributed by atoms with Crippen LogP contribution in [0, 0.1) is 12.7 Å². The summed E-state index contributed by atoms with van der Waals surface area (Å²) in [6.07, 6.45) is 1.91. The fraction of sp³-hybridized carbons (Fsp3) is 0.175. The van der Waals surface area contributed by atoms with Gasteiger partial charge in [0.1, 0.15) is 5.82 Å². The third-order valence-corrected chi connectivity index (χ3v) is 9.89. The zero-order valence-electron chi connectivity index (χ0n) is 28.0.